The standard InChI is InChI=1S/C19H21N3O5/c1-19(2,3)18(24)21-14-6-4-5-13(11-14)20-17(23)12-27-16-9-7-15(8-10-16)22(25)26/h4-11H,12H2,1-3H3,(H,20,23)(H,21,24). The average molecular weight is 371 g/mol. The van der Waals surface area contributed by atoms with Crippen LogP contribution in [-0.4, -0.2) is 23.3 Å². The molecular weight excluding hydrogens is 350 g/mol. The van der Waals surface area contributed by atoms with Gasteiger partial charge < -0.3 is 15.4 Å². The zero-order valence-electron chi connectivity index (χ0n) is 15.3. The molecule has 8 nitrogen and oxygen atoms in total. The van der Waals surface area contributed by atoms with Crippen LogP contribution >= 0.6 is 0 Å². The highest BCUT2D eigenvalue weighted by Gasteiger charge is 2.21. The fourth-order valence-corrected chi connectivity index (χ4v) is 2.00. The molecule has 2 aromatic carbocycles. The number of nitrogens with zero attached hydrogens (tertiary/aromatic N) is 1. The third kappa shape index (κ3) is 6.10. The van der Waals surface area contributed by atoms with Crippen molar-refractivity contribution in [3.63, 3.8) is 0 Å². The Morgan fingerprint density at radius 3 is 2.19 bits per heavy atom. The first-order valence-corrected chi connectivity index (χ1v) is 8.24. The minimum atomic E-state index is -0.530. The summed E-state index contributed by atoms with van der Waals surface area (Å²) < 4.78 is 5.31. The molecule has 0 bridgehead atoms. The number of nitrogens with one attached hydrogen (secondary N) is 2. The van der Waals surface area contributed by atoms with Gasteiger partial charge in [0.05, 0.1) is 4.92 Å². The van der Waals surface area contributed by atoms with Gasteiger partial charge in [-0.25, -0.2) is 0 Å². The number of hydrogen-bond acceptors (Lipinski definition) is 5. The van der Waals surface area contributed by atoms with Crippen LogP contribution in [0.25, 0.3) is 0 Å². The largest absolute Gasteiger partial charge is 0.484 e. The summed E-state index contributed by atoms with van der Waals surface area (Å²) in [5, 5.41) is 16.1. The third-order valence-electron chi connectivity index (χ3n) is 3.50. The van der Waals surface area contributed by atoms with E-state index in [-0.39, 0.29) is 18.2 Å². The number of nitro groups is 1. The van der Waals surface area contributed by atoms with Crippen LogP contribution in [0.15, 0.2) is 48.5 Å². The van der Waals surface area contributed by atoms with Gasteiger partial charge in [-0.15, -0.1) is 0 Å². The number of carbonyl (C=O) groups is 2. The maximum Gasteiger partial charge on any atom is 0.269 e. The summed E-state index contributed by atoms with van der Waals surface area (Å²) in [6.45, 7) is 5.17. The Bertz CT molecular complexity index is 841. The molecule has 0 unspecified atom stereocenters. The first kappa shape index (κ1) is 19.9. The first-order chi connectivity index (χ1) is 12.6. The van der Waals surface area contributed by atoms with Crippen LogP contribution in [0.4, 0.5) is 17.1 Å². The van der Waals surface area contributed by atoms with E-state index in [0.717, 1.165) is 0 Å². The van der Waals surface area contributed by atoms with E-state index in [4.69, 9.17) is 4.74 Å². The lowest BCUT2D eigenvalue weighted by atomic mass is 9.95. The van der Waals surface area contributed by atoms with Crippen molar-refractivity contribution < 1.29 is 19.2 Å². The van der Waals surface area contributed by atoms with Gasteiger partial charge in [0.2, 0.25) is 5.91 Å². The van der Waals surface area contributed by atoms with Crippen LogP contribution in [0.1, 0.15) is 20.8 Å². The van der Waals surface area contributed by atoms with Gasteiger partial charge in [0.15, 0.2) is 6.61 Å². The monoisotopic (exact) mass is 371 g/mol. The predicted octanol–water partition coefficient (Wildman–Crippen LogP) is 3.60. The van der Waals surface area contributed by atoms with E-state index in [1.54, 1.807) is 24.3 Å². The van der Waals surface area contributed by atoms with Crippen molar-refractivity contribution in [2.75, 3.05) is 17.2 Å². The molecule has 0 spiro atoms. The van der Waals surface area contributed by atoms with Crippen LogP contribution in [0, 0.1) is 15.5 Å². The second kappa shape index (κ2) is 8.31. The van der Waals surface area contributed by atoms with Crippen molar-refractivity contribution in [3.05, 3.63) is 58.6 Å². The Hall–Kier alpha value is -3.42. The van der Waals surface area contributed by atoms with Gasteiger partial charge >= 0.3 is 0 Å². The molecule has 27 heavy (non-hydrogen) atoms. The Morgan fingerprint density at radius 1 is 1.04 bits per heavy atom. The van der Waals surface area contributed by atoms with E-state index in [1.165, 1.54) is 24.3 Å². The van der Waals surface area contributed by atoms with Crippen LogP contribution < -0.4 is 15.4 Å². The number of nitro benzene ring substituents is 1. The van der Waals surface area contributed by atoms with E-state index in [9.17, 15) is 19.7 Å². The molecule has 0 atom stereocenters. The number of benzene rings is 2. The SMILES string of the molecule is CC(C)(C)C(=O)Nc1cccc(NC(=O)COc2ccc([N+](=O)[O-])cc2)c1. The zero-order chi connectivity index (χ0) is 20.0. The number of amides is 2. The summed E-state index contributed by atoms with van der Waals surface area (Å²) in [6, 6.07) is 12.2. The highest BCUT2D eigenvalue weighted by molar-refractivity contribution is 5.96. The van der Waals surface area contributed by atoms with E-state index in [0.29, 0.717) is 17.1 Å². The molecule has 0 aliphatic carbocycles. The molecule has 0 fully saturated rings. The van der Waals surface area contributed by atoms with Gasteiger partial charge in [0, 0.05) is 28.9 Å². The second-order valence-corrected chi connectivity index (χ2v) is 6.87. The molecular formula is C19H21N3O5. The average Bonchev–Trinajstić information content (AvgIpc) is 2.60. The van der Waals surface area contributed by atoms with Crippen LogP contribution in [0.5, 0.6) is 5.75 Å². The van der Waals surface area contributed by atoms with Crippen molar-refractivity contribution in [1.29, 1.82) is 0 Å². The summed E-state index contributed by atoms with van der Waals surface area (Å²) >= 11 is 0. The Balaban J connectivity index is 1.91. The molecule has 0 heterocycles. The predicted molar refractivity (Wildman–Crippen MR) is 102 cm³/mol. The van der Waals surface area contributed by atoms with Gasteiger partial charge in [0.1, 0.15) is 5.75 Å². The number of ether oxygens (including phenoxy) is 1. The molecule has 0 radical (unpaired) electrons. The van der Waals surface area contributed by atoms with Crippen molar-refractivity contribution in [3.8, 4) is 5.75 Å². The lowest BCUT2D eigenvalue weighted by molar-refractivity contribution is -0.384. The molecule has 142 valence electrons. The fourth-order valence-electron chi connectivity index (χ4n) is 2.00. The van der Waals surface area contributed by atoms with E-state index >= 15 is 0 Å². The van der Waals surface area contributed by atoms with Crippen LogP contribution in [0.3, 0.4) is 0 Å². The second-order valence-electron chi connectivity index (χ2n) is 6.87. The molecule has 0 saturated carbocycles. The summed E-state index contributed by atoms with van der Waals surface area (Å²) in [5.74, 6) is -0.179. The Kier molecular flexibility index (Phi) is 6.12. The molecule has 2 rings (SSSR count). The number of hydrogen-bond donors (Lipinski definition) is 2. The third-order valence-corrected chi connectivity index (χ3v) is 3.50. The molecule has 0 aromatic heterocycles. The zero-order valence-corrected chi connectivity index (χ0v) is 15.3. The Morgan fingerprint density at radius 2 is 1.63 bits per heavy atom. The summed E-state index contributed by atoms with van der Waals surface area (Å²) in [6.07, 6.45) is 0. The summed E-state index contributed by atoms with van der Waals surface area (Å²) in [7, 11) is 0. The van der Waals surface area contributed by atoms with Crippen molar-refractivity contribution in [1.82, 2.24) is 0 Å². The maximum absolute atomic E-state index is 12.0. The number of non-ortho nitro benzene ring substituents is 1. The number of carbonyl (C=O) groups excluding carboxylic acids is 2. The number of rotatable bonds is 6. The Labute approximate surface area is 156 Å². The van der Waals surface area contributed by atoms with Gasteiger partial charge in [-0.1, -0.05) is 26.8 Å². The van der Waals surface area contributed by atoms with Gasteiger partial charge in [-0.2, -0.15) is 0 Å². The first-order valence-electron chi connectivity index (χ1n) is 8.24. The van der Waals surface area contributed by atoms with Crippen LogP contribution in [0.2, 0.25) is 0 Å². The van der Waals surface area contributed by atoms with Crippen molar-refractivity contribution in [2.45, 2.75) is 20.8 Å². The maximum atomic E-state index is 12.0. The van der Waals surface area contributed by atoms with Crippen molar-refractivity contribution in [2.24, 2.45) is 5.41 Å². The van der Waals surface area contributed by atoms with Gasteiger partial charge in [0.25, 0.3) is 11.6 Å². The topological polar surface area (TPSA) is 111 Å². The van der Waals surface area contributed by atoms with Crippen LogP contribution in [-0.2, 0) is 9.59 Å². The highest BCUT2D eigenvalue weighted by atomic mass is 16.6. The molecule has 0 aliphatic heterocycles. The summed E-state index contributed by atoms with van der Waals surface area (Å²) in [5.41, 5.74) is 0.502. The quantitative estimate of drug-likeness (QED) is 0.595. The molecule has 2 amide bonds. The minimum absolute atomic E-state index is 0.0547. The molecule has 2 aromatic rings. The normalized spacial score (nSPS) is 10.8. The minimum Gasteiger partial charge on any atom is -0.484 e. The van der Waals surface area contributed by atoms with Crippen molar-refractivity contribution >= 4 is 28.9 Å². The van der Waals surface area contributed by atoms with Gasteiger partial charge in [-0.3, -0.25) is 19.7 Å². The lowest BCUT2D eigenvalue weighted by Crippen LogP contribution is -2.27. The molecule has 8 heteroatoms. The smallest absolute Gasteiger partial charge is 0.269 e. The molecule has 2 N–H and O–H groups in total. The highest BCUT2D eigenvalue weighted by Crippen LogP contribution is 2.20. The lowest BCUT2D eigenvalue weighted by Gasteiger charge is -2.18. The molecule has 0 saturated heterocycles. The van der Waals surface area contributed by atoms with E-state index in [1.807, 2.05) is 20.8 Å². The van der Waals surface area contributed by atoms with Gasteiger partial charge in [-0.05, 0) is 30.3 Å². The summed E-state index contributed by atoms with van der Waals surface area (Å²) in [4.78, 5) is 34.1. The van der Waals surface area contributed by atoms with E-state index < -0.39 is 16.2 Å². The van der Waals surface area contributed by atoms with E-state index in [2.05, 4.69) is 10.6 Å². The fraction of sp³-hybridized carbons (Fsp3) is 0.263. The number of anilines is 2. The molecule has 0 aliphatic rings.